The van der Waals surface area contributed by atoms with Gasteiger partial charge in [0.15, 0.2) is 6.10 Å². The van der Waals surface area contributed by atoms with Crippen molar-refractivity contribution in [3.8, 4) is 5.75 Å². The molecule has 1 amide bonds. The van der Waals surface area contributed by atoms with Crippen molar-refractivity contribution in [3.05, 3.63) is 23.8 Å². The highest BCUT2D eigenvalue weighted by atomic mass is 16.5. The molecule has 1 unspecified atom stereocenters. The number of hydrogen-bond acceptors (Lipinski definition) is 4. The minimum absolute atomic E-state index is 0.114. The van der Waals surface area contributed by atoms with Crippen molar-refractivity contribution in [1.29, 1.82) is 0 Å². The SMILES string of the molecule is CC1Oc2ccc(C(=O)O)cc2N(CCN2CCCCC2)C1=O. The van der Waals surface area contributed by atoms with E-state index in [0.29, 0.717) is 18.0 Å². The number of carboxylic acids is 1. The number of benzene rings is 1. The van der Waals surface area contributed by atoms with Gasteiger partial charge in [0, 0.05) is 13.1 Å². The van der Waals surface area contributed by atoms with Crippen molar-refractivity contribution in [2.24, 2.45) is 0 Å². The van der Waals surface area contributed by atoms with Gasteiger partial charge in [0.1, 0.15) is 5.75 Å². The second-order valence-corrected chi connectivity index (χ2v) is 6.14. The molecule has 6 nitrogen and oxygen atoms in total. The maximum Gasteiger partial charge on any atom is 0.335 e. The minimum Gasteiger partial charge on any atom is -0.479 e. The topological polar surface area (TPSA) is 70.1 Å². The lowest BCUT2D eigenvalue weighted by Crippen LogP contribution is -2.48. The Kier molecular flexibility index (Phi) is 4.52. The van der Waals surface area contributed by atoms with Gasteiger partial charge >= 0.3 is 5.97 Å². The molecule has 1 fully saturated rings. The molecule has 6 heteroatoms. The summed E-state index contributed by atoms with van der Waals surface area (Å²) in [4.78, 5) is 27.7. The van der Waals surface area contributed by atoms with Gasteiger partial charge in [-0.15, -0.1) is 0 Å². The van der Waals surface area contributed by atoms with E-state index in [1.165, 1.54) is 31.4 Å². The average Bonchev–Trinajstić information content (AvgIpc) is 2.56. The van der Waals surface area contributed by atoms with Crippen LogP contribution in [0.25, 0.3) is 0 Å². The van der Waals surface area contributed by atoms with Crippen LogP contribution in [0, 0.1) is 0 Å². The number of rotatable bonds is 4. The van der Waals surface area contributed by atoms with Crippen LogP contribution in [0.1, 0.15) is 36.5 Å². The van der Waals surface area contributed by atoms with Crippen molar-refractivity contribution in [2.45, 2.75) is 32.3 Å². The number of anilines is 1. The number of hydrogen-bond donors (Lipinski definition) is 1. The summed E-state index contributed by atoms with van der Waals surface area (Å²) >= 11 is 0. The normalized spacial score (nSPS) is 21.7. The third-order valence-electron chi connectivity index (χ3n) is 4.50. The molecule has 3 rings (SSSR count). The Morgan fingerprint density at radius 3 is 2.70 bits per heavy atom. The molecule has 1 aromatic carbocycles. The van der Waals surface area contributed by atoms with Crippen molar-refractivity contribution >= 4 is 17.6 Å². The van der Waals surface area contributed by atoms with Crippen LogP contribution in [0.5, 0.6) is 5.75 Å². The number of fused-ring (bicyclic) bond motifs is 1. The second kappa shape index (κ2) is 6.58. The summed E-state index contributed by atoms with van der Waals surface area (Å²) in [6.07, 6.45) is 3.13. The van der Waals surface area contributed by atoms with Gasteiger partial charge in [0.2, 0.25) is 0 Å². The Labute approximate surface area is 135 Å². The third-order valence-corrected chi connectivity index (χ3v) is 4.50. The molecule has 0 aliphatic carbocycles. The van der Waals surface area contributed by atoms with Crippen molar-refractivity contribution in [1.82, 2.24) is 4.90 Å². The lowest BCUT2D eigenvalue weighted by Gasteiger charge is -2.35. The Bertz CT molecular complexity index is 611. The van der Waals surface area contributed by atoms with Gasteiger partial charge < -0.3 is 19.6 Å². The summed E-state index contributed by atoms with van der Waals surface area (Å²) in [5.41, 5.74) is 0.725. The van der Waals surface area contributed by atoms with Crippen molar-refractivity contribution in [2.75, 3.05) is 31.1 Å². The molecule has 1 atom stereocenters. The Balaban J connectivity index is 1.81. The highest BCUT2D eigenvalue weighted by Crippen LogP contribution is 2.34. The maximum atomic E-state index is 12.5. The lowest BCUT2D eigenvalue weighted by molar-refractivity contribution is -0.125. The Hall–Kier alpha value is -2.08. The standard InChI is InChI=1S/C17H22N2O4/c1-12-16(20)19(10-9-18-7-3-2-4-8-18)14-11-13(17(21)22)5-6-15(14)23-12/h5-6,11-12H,2-4,7-10H2,1H3,(H,21,22). The van der Waals surface area contributed by atoms with E-state index < -0.39 is 12.1 Å². The van der Waals surface area contributed by atoms with Gasteiger partial charge in [-0.3, -0.25) is 4.79 Å². The number of amides is 1. The number of carbonyl (C=O) groups is 2. The van der Waals surface area contributed by atoms with Crippen LogP contribution in [0.4, 0.5) is 5.69 Å². The lowest BCUT2D eigenvalue weighted by atomic mass is 10.1. The predicted molar refractivity (Wildman–Crippen MR) is 86.1 cm³/mol. The predicted octanol–water partition coefficient (Wildman–Crippen LogP) is 1.98. The van der Waals surface area contributed by atoms with E-state index in [1.54, 1.807) is 17.9 Å². The summed E-state index contributed by atoms with van der Waals surface area (Å²) in [7, 11) is 0. The monoisotopic (exact) mass is 318 g/mol. The molecule has 1 aromatic rings. The molecule has 0 saturated carbocycles. The largest absolute Gasteiger partial charge is 0.479 e. The van der Waals surface area contributed by atoms with Gasteiger partial charge in [-0.25, -0.2) is 4.79 Å². The molecule has 2 aliphatic rings. The smallest absolute Gasteiger partial charge is 0.335 e. The molecular formula is C17H22N2O4. The third kappa shape index (κ3) is 3.32. The molecule has 23 heavy (non-hydrogen) atoms. The summed E-state index contributed by atoms with van der Waals surface area (Å²) < 4.78 is 5.60. The van der Waals surface area contributed by atoms with E-state index in [4.69, 9.17) is 4.74 Å². The van der Waals surface area contributed by atoms with E-state index in [2.05, 4.69) is 4.90 Å². The zero-order valence-electron chi connectivity index (χ0n) is 13.3. The van der Waals surface area contributed by atoms with E-state index in [1.807, 2.05) is 0 Å². The van der Waals surface area contributed by atoms with Crippen LogP contribution < -0.4 is 9.64 Å². The number of carboxylic acid groups (broad SMARTS) is 1. The molecule has 2 aliphatic heterocycles. The summed E-state index contributed by atoms with van der Waals surface area (Å²) in [5.74, 6) is -0.548. The number of ether oxygens (including phenoxy) is 1. The number of aromatic carboxylic acids is 1. The quantitative estimate of drug-likeness (QED) is 0.919. The van der Waals surface area contributed by atoms with Crippen molar-refractivity contribution < 1.29 is 19.4 Å². The van der Waals surface area contributed by atoms with Crippen LogP contribution in [-0.2, 0) is 4.79 Å². The second-order valence-electron chi connectivity index (χ2n) is 6.14. The van der Waals surface area contributed by atoms with Gasteiger partial charge in [-0.05, 0) is 51.1 Å². The first-order valence-electron chi connectivity index (χ1n) is 8.14. The number of nitrogens with zero attached hydrogens (tertiary/aromatic N) is 2. The van der Waals surface area contributed by atoms with E-state index >= 15 is 0 Å². The summed E-state index contributed by atoms with van der Waals surface area (Å²) in [6.45, 7) is 5.22. The Morgan fingerprint density at radius 1 is 1.26 bits per heavy atom. The molecular weight excluding hydrogens is 296 g/mol. The first-order valence-corrected chi connectivity index (χ1v) is 8.14. The molecule has 0 aromatic heterocycles. The van der Waals surface area contributed by atoms with Crippen LogP contribution >= 0.6 is 0 Å². The highest BCUT2D eigenvalue weighted by Gasteiger charge is 2.32. The van der Waals surface area contributed by atoms with E-state index in [-0.39, 0.29) is 11.5 Å². The van der Waals surface area contributed by atoms with Crippen LogP contribution in [0.3, 0.4) is 0 Å². The van der Waals surface area contributed by atoms with Crippen LogP contribution in [0.15, 0.2) is 18.2 Å². The maximum absolute atomic E-state index is 12.5. The molecule has 1 N–H and O–H groups in total. The molecule has 0 spiro atoms. The Morgan fingerprint density at radius 2 is 2.00 bits per heavy atom. The molecule has 0 radical (unpaired) electrons. The summed E-state index contributed by atoms with van der Waals surface area (Å²) in [6, 6.07) is 4.67. The zero-order chi connectivity index (χ0) is 16.4. The van der Waals surface area contributed by atoms with Crippen molar-refractivity contribution in [3.63, 3.8) is 0 Å². The zero-order valence-corrected chi connectivity index (χ0v) is 13.3. The van der Waals surface area contributed by atoms with Crippen LogP contribution in [0.2, 0.25) is 0 Å². The fourth-order valence-electron chi connectivity index (χ4n) is 3.20. The minimum atomic E-state index is -1.00. The van der Waals surface area contributed by atoms with Gasteiger partial charge in [-0.1, -0.05) is 6.42 Å². The number of likely N-dealkylation sites (tertiary alicyclic amines) is 1. The van der Waals surface area contributed by atoms with Gasteiger partial charge in [-0.2, -0.15) is 0 Å². The van der Waals surface area contributed by atoms with Gasteiger partial charge in [0.05, 0.1) is 11.3 Å². The average molecular weight is 318 g/mol. The molecule has 2 heterocycles. The number of carbonyl (C=O) groups excluding carboxylic acids is 1. The van der Waals surface area contributed by atoms with Crippen LogP contribution in [-0.4, -0.2) is 54.2 Å². The molecule has 0 bridgehead atoms. The van der Waals surface area contributed by atoms with Gasteiger partial charge in [0.25, 0.3) is 5.91 Å². The number of piperidine rings is 1. The summed E-state index contributed by atoms with van der Waals surface area (Å²) in [5, 5.41) is 9.17. The fourth-order valence-corrected chi connectivity index (χ4v) is 3.20. The first-order chi connectivity index (χ1) is 11.1. The molecule has 1 saturated heterocycles. The highest BCUT2D eigenvalue weighted by molar-refractivity contribution is 6.01. The van der Waals surface area contributed by atoms with E-state index in [0.717, 1.165) is 19.6 Å². The fraction of sp³-hybridized carbons (Fsp3) is 0.529. The first kappa shape index (κ1) is 15.8. The molecule has 124 valence electrons. The van der Waals surface area contributed by atoms with E-state index in [9.17, 15) is 14.7 Å².